The van der Waals surface area contributed by atoms with Gasteiger partial charge in [-0.2, -0.15) is 15.0 Å². The van der Waals surface area contributed by atoms with Crippen LogP contribution in [-0.4, -0.2) is 22.8 Å². The zero-order valence-electron chi connectivity index (χ0n) is 7.31. The quantitative estimate of drug-likeness (QED) is 0.577. The summed E-state index contributed by atoms with van der Waals surface area (Å²) in [6, 6.07) is 5.79. The fourth-order valence-electron chi connectivity index (χ4n) is 1.20. The molecule has 62 valence electrons. The monoisotopic (exact) mass is 169 g/mol. The van der Waals surface area contributed by atoms with Gasteiger partial charge in [-0.05, 0) is 13.0 Å². The number of hydrogen-bond donors (Lipinski definition) is 0. The number of aryl methyl sites for hydroxylation is 1. The second-order valence-corrected chi connectivity index (χ2v) is 2.88. The average molecular weight is 169 g/mol. The van der Waals surface area contributed by atoms with Crippen LogP contribution in [0.5, 0.6) is 0 Å². The molecule has 4 heteroatoms. The van der Waals surface area contributed by atoms with Crippen molar-refractivity contribution in [2.24, 2.45) is 0 Å². The minimum Gasteiger partial charge on any atom is -0.157 e. The van der Waals surface area contributed by atoms with Crippen molar-refractivity contribution in [1.82, 2.24) is 15.0 Å². The van der Waals surface area contributed by atoms with E-state index in [1.807, 2.05) is 25.1 Å². The minimum atomic E-state index is 0.691. The van der Waals surface area contributed by atoms with Crippen molar-refractivity contribution < 1.29 is 0 Å². The lowest BCUT2D eigenvalue weighted by molar-refractivity contribution is 0.755. The zero-order valence-corrected chi connectivity index (χ0v) is 7.31. The van der Waals surface area contributed by atoms with Crippen LogP contribution in [0.2, 0.25) is 0 Å². The van der Waals surface area contributed by atoms with E-state index in [9.17, 15) is 0 Å². The van der Waals surface area contributed by atoms with E-state index < -0.39 is 0 Å². The van der Waals surface area contributed by atoms with Crippen molar-refractivity contribution in [2.75, 3.05) is 0 Å². The van der Waals surface area contributed by atoms with Gasteiger partial charge >= 0.3 is 0 Å². The Balaban J connectivity index is 2.53. The molecule has 0 fully saturated rings. The average Bonchev–Trinajstić information content (AvgIpc) is 2.56. The van der Waals surface area contributed by atoms with Gasteiger partial charge in [-0.1, -0.05) is 23.2 Å². The van der Waals surface area contributed by atoms with E-state index in [-0.39, 0.29) is 0 Å². The maximum Gasteiger partial charge on any atom is 0.116 e. The summed E-state index contributed by atoms with van der Waals surface area (Å²) >= 11 is 0. The minimum absolute atomic E-state index is 0.691. The Morgan fingerprint density at radius 2 is 1.92 bits per heavy atom. The van der Waals surface area contributed by atoms with Gasteiger partial charge in [0.2, 0.25) is 0 Å². The SMILES string of the molecule is [B]c1cc(C)ccc1-n1nccn1. The Hall–Kier alpha value is -1.58. The first-order valence-corrected chi connectivity index (χ1v) is 4.00. The first-order valence-electron chi connectivity index (χ1n) is 4.00. The molecule has 0 bridgehead atoms. The lowest BCUT2D eigenvalue weighted by Crippen LogP contribution is -2.14. The van der Waals surface area contributed by atoms with Crippen molar-refractivity contribution in [3.05, 3.63) is 36.2 Å². The lowest BCUT2D eigenvalue weighted by atomic mass is 9.92. The fraction of sp³-hybridized carbons (Fsp3) is 0.111. The van der Waals surface area contributed by atoms with E-state index >= 15 is 0 Å². The van der Waals surface area contributed by atoms with Crippen LogP contribution in [0.25, 0.3) is 5.69 Å². The Kier molecular flexibility index (Phi) is 1.89. The van der Waals surface area contributed by atoms with Crippen LogP contribution < -0.4 is 5.46 Å². The van der Waals surface area contributed by atoms with E-state index in [2.05, 4.69) is 10.2 Å². The summed E-state index contributed by atoms with van der Waals surface area (Å²) in [5.74, 6) is 0. The largest absolute Gasteiger partial charge is 0.157 e. The van der Waals surface area contributed by atoms with Crippen LogP contribution in [0.15, 0.2) is 30.6 Å². The van der Waals surface area contributed by atoms with Gasteiger partial charge in [-0.15, -0.1) is 0 Å². The first kappa shape index (κ1) is 8.04. The third-order valence-corrected chi connectivity index (χ3v) is 1.82. The Morgan fingerprint density at radius 1 is 1.23 bits per heavy atom. The second kappa shape index (κ2) is 3.05. The Labute approximate surface area is 77.8 Å². The molecule has 1 heterocycles. The predicted octanol–water partition coefficient (Wildman–Crippen LogP) is 0.370. The second-order valence-electron chi connectivity index (χ2n) is 2.88. The molecule has 0 saturated carbocycles. The summed E-state index contributed by atoms with van der Waals surface area (Å²) in [6.07, 6.45) is 3.25. The van der Waals surface area contributed by atoms with Gasteiger partial charge < -0.3 is 0 Å². The van der Waals surface area contributed by atoms with Crippen LogP contribution >= 0.6 is 0 Å². The molecule has 3 nitrogen and oxygen atoms in total. The molecule has 2 rings (SSSR count). The predicted molar refractivity (Wildman–Crippen MR) is 51.5 cm³/mol. The number of aromatic nitrogens is 3. The van der Waals surface area contributed by atoms with E-state index in [1.54, 1.807) is 12.4 Å². The highest BCUT2D eigenvalue weighted by molar-refractivity contribution is 6.34. The number of rotatable bonds is 1. The third-order valence-electron chi connectivity index (χ3n) is 1.82. The number of nitrogens with zero attached hydrogens (tertiary/aromatic N) is 3. The molecule has 2 radical (unpaired) electrons. The number of benzene rings is 1. The van der Waals surface area contributed by atoms with Crippen LogP contribution in [-0.2, 0) is 0 Å². The summed E-state index contributed by atoms with van der Waals surface area (Å²) in [5.41, 5.74) is 2.64. The van der Waals surface area contributed by atoms with Crippen LogP contribution in [0.3, 0.4) is 0 Å². The van der Waals surface area contributed by atoms with Crippen LogP contribution in [0.1, 0.15) is 5.56 Å². The van der Waals surface area contributed by atoms with Gasteiger partial charge in [-0.3, -0.25) is 0 Å². The third kappa shape index (κ3) is 1.47. The lowest BCUT2D eigenvalue weighted by Gasteiger charge is -2.04. The maximum absolute atomic E-state index is 5.81. The highest BCUT2D eigenvalue weighted by Crippen LogP contribution is 2.02. The Bertz CT molecular complexity index is 409. The highest BCUT2D eigenvalue weighted by Gasteiger charge is 2.00. The van der Waals surface area contributed by atoms with Crippen molar-refractivity contribution in [3.63, 3.8) is 0 Å². The molecule has 13 heavy (non-hydrogen) atoms. The van der Waals surface area contributed by atoms with Crippen molar-refractivity contribution in [3.8, 4) is 5.69 Å². The summed E-state index contributed by atoms with van der Waals surface area (Å²) in [4.78, 5) is 1.51. The standard InChI is InChI=1S/C9H8BN3/c1-7-2-3-9(8(10)6-7)13-11-4-5-12-13/h2-6H,1H3. The zero-order chi connectivity index (χ0) is 9.26. The summed E-state index contributed by atoms with van der Waals surface area (Å²) in [7, 11) is 5.81. The molecular formula is C9H8BN3. The molecule has 0 aliphatic carbocycles. The van der Waals surface area contributed by atoms with E-state index in [0.717, 1.165) is 11.3 Å². The summed E-state index contributed by atoms with van der Waals surface area (Å²) in [6.45, 7) is 2.00. The molecular weight excluding hydrogens is 161 g/mol. The molecule has 0 unspecified atom stereocenters. The van der Waals surface area contributed by atoms with Gasteiger partial charge in [0, 0.05) is 0 Å². The smallest absolute Gasteiger partial charge is 0.116 e. The van der Waals surface area contributed by atoms with Crippen molar-refractivity contribution in [1.29, 1.82) is 0 Å². The normalized spacial score (nSPS) is 10.2. The van der Waals surface area contributed by atoms with E-state index in [1.165, 1.54) is 4.80 Å². The van der Waals surface area contributed by atoms with Gasteiger partial charge in [0.15, 0.2) is 0 Å². The molecule has 2 aromatic rings. The van der Waals surface area contributed by atoms with Crippen LogP contribution in [0.4, 0.5) is 0 Å². The first-order chi connectivity index (χ1) is 6.27. The van der Waals surface area contributed by atoms with E-state index in [0.29, 0.717) is 5.46 Å². The Morgan fingerprint density at radius 3 is 2.54 bits per heavy atom. The molecule has 0 saturated heterocycles. The van der Waals surface area contributed by atoms with Gasteiger partial charge in [0.25, 0.3) is 0 Å². The fourth-order valence-corrected chi connectivity index (χ4v) is 1.20. The topological polar surface area (TPSA) is 30.7 Å². The highest BCUT2D eigenvalue weighted by atomic mass is 15.5. The molecule has 1 aromatic carbocycles. The summed E-state index contributed by atoms with van der Waals surface area (Å²) in [5, 5.41) is 8.01. The molecule has 0 spiro atoms. The maximum atomic E-state index is 5.81. The molecule has 0 atom stereocenters. The number of hydrogen-bond acceptors (Lipinski definition) is 2. The van der Waals surface area contributed by atoms with Gasteiger partial charge in [0.05, 0.1) is 18.1 Å². The van der Waals surface area contributed by atoms with E-state index in [4.69, 9.17) is 7.85 Å². The molecule has 0 aliphatic rings. The van der Waals surface area contributed by atoms with Crippen LogP contribution in [0, 0.1) is 6.92 Å². The van der Waals surface area contributed by atoms with Gasteiger partial charge in [-0.25, -0.2) is 0 Å². The van der Waals surface area contributed by atoms with Crippen molar-refractivity contribution >= 4 is 13.3 Å². The van der Waals surface area contributed by atoms with Gasteiger partial charge in [0.1, 0.15) is 7.85 Å². The molecule has 0 aliphatic heterocycles. The molecule has 0 N–H and O–H groups in total. The van der Waals surface area contributed by atoms with Crippen molar-refractivity contribution in [2.45, 2.75) is 6.92 Å². The molecule has 1 aromatic heterocycles. The molecule has 0 amide bonds. The summed E-state index contributed by atoms with van der Waals surface area (Å²) < 4.78 is 0.